The Morgan fingerprint density at radius 3 is 2.20 bits per heavy atom. The molecule has 1 aliphatic carbocycles. The molecule has 0 N–H and O–H groups in total. The Morgan fingerprint density at radius 2 is 1.51 bits per heavy atom. The van der Waals surface area contributed by atoms with Crippen molar-refractivity contribution >= 4 is 16.9 Å². The first-order chi connectivity index (χ1) is 16.9. The van der Waals surface area contributed by atoms with Gasteiger partial charge in [-0.3, -0.25) is 9.69 Å². The Hall–Kier alpha value is -3.42. The summed E-state index contributed by atoms with van der Waals surface area (Å²) in [6.45, 7) is 4.41. The van der Waals surface area contributed by atoms with Gasteiger partial charge in [0.05, 0.1) is 18.8 Å². The van der Waals surface area contributed by atoms with Crippen molar-refractivity contribution in [3.63, 3.8) is 0 Å². The predicted octanol–water partition coefficient (Wildman–Crippen LogP) is 5.57. The molecule has 3 aromatic rings. The number of benzene rings is 3. The van der Waals surface area contributed by atoms with Crippen LogP contribution in [0.3, 0.4) is 0 Å². The number of fused-ring (bicyclic) bond motifs is 1. The van der Waals surface area contributed by atoms with Gasteiger partial charge >= 0.3 is 6.18 Å². The lowest BCUT2D eigenvalue weighted by Gasteiger charge is -2.26. The average molecular weight is 479 g/mol. The van der Waals surface area contributed by atoms with E-state index in [0.29, 0.717) is 47.8 Å². The molecule has 1 aliphatic heterocycles. The first-order valence-electron chi connectivity index (χ1n) is 11.5. The van der Waals surface area contributed by atoms with Crippen molar-refractivity contribution in [1.82, 2.24) is 4.90 Å². The number of Topliss-reactive ketones (excluding diaryl/α,β-unsaturated/α-hetero) is 1. The van der Waals surface area contributed by atoms with Crippen LogP contribution in [0.25, 0.3) is 11.1 Å². The van der Waals surface area contributed by atoms with Crippen LogP contribution in [0.4, 0.5) is 13.2 Å². The lowest BCUT2D eigenvalue weighted by atomic mass is 9.94. The zero-order chi connectivity index (χ0) is 24.4. The van der Waals surface area contributed by atoms with Crippen LogP contribution >= 0.6 is 0 Å². The van der Waals surface area contributed by atoms with E-state index in [1.807, 2.05) is 42.5 Å². The van der Waals surface area contributed by atoms with E-state index in [4.69, 9.17) is 9.47 Å². The molecule has 7 heteroatoms. The van der Waals surface area contributed by atoms with Crippen molar-refractivity contribution in [3.8, 4) is 5.75 Å². The summed E-state index contributed by atoms with van der Waals surface area (Å²) in [6.07, 6.45) is -4.44. The third kappa shape index (κ3) is 4.88. The summed E-state index contributed by atoms with van der Waals surface area (Å²) in [4.78, 5) is 15.8. The van der Waals surface area contributed by atoms with Crippen molar-refractivity contribution in [2.24, 2.45) is 0 Å². The maximum atomic E-state index is 13.6. The number of ether oxygens (including phenoxy) is 2. The summed E-state index contributed by atoms with van der Waals surface area (Å²) in [5.74, 6) is 0.365. The molecule has 3 aromatic carbocycles. The monoisotopic (exact) mass is 479 g/mol. The maximum Gasteiger partial charge on any atom is 0.416 e. The molecule has 0 unspecified atom stereocenters. The Morgan fingerprint density at radius 1 is 0.829 bits per heavy atom. The molecule has 180 valence electrons. The number of carbonyl (C=O) groups is 1. The quantitative estimate of drug-likeness (QED) is 0.463. The van der Waals surface area contributed by atoms with E-state index in [1.54, 1.807) is 6.07 Å². The summed E-state index contributed by atoms with van der Waals surface area (Å²) in [6, 6.07) is 19.6. The van der Waals surface area contributed by atoms with Crippen LogP contribution in [0.1, 0.15) is 32.6 Å². The van der Waals surface area contributed by atoms with Crippen molar-refractivity contribution in [1.29, 1.82) is 0 Å². The Balaban J connectivity index is 1.46. The first kappa shape index (κ1) is 23.3. The van der Waals surface area contributed by atoms with Crippen molar-refractivity contribution in [3.05, 3.63) is 101 Å². The highest BCUT2D eigenvalue weighted by Gasteiger charge is 2.34. The van der Waals surface area contributed by atoms with Crippen LogP contribution in [-0.4, -0.2) is 50.1 Å². The fraction of sp³-hybridized carbons (Fsp3) is 0.250. The summed E-state index contributed by atoms with van der Waals surface area (Å²) in [7, 11) is 0. The van der Waals surface area contributed by atoms with E-state index in [-0.39, 0.29) is 5.78 Å². The van der Waals surface area contributed by atoms with Crippen molar-refractivity contribution in [2.45, 2.75) is 6.18 Å². The molecular weight excluding hydrogens is 455 g/mol. The number of allylic oxidation sites excluding steroid dienone is 1. The van der Waals surface area contributed by atoms with Gasteiger partial charge < -0.3 is 9.47 Å². The number of alkyl halides is 3. The van der Waals surface area contributed by atoms with E-state index >= 15 is 0 Å². The van der Waals surface area contributed by atoms with Gasteiger partial charge in [-0.1, -0.05) is 42.5 Å². The topological polar surface area (TPSA) is 38.8 Å². The average Bonchev–Trinajstić information content (AvgIpc) is 3.16. The molecule has 2 aliphatic rings. The summed E-state index contributed by atoms with van der Waals surface area (Å²) in [5, 5.41) is 0. The number of morpholine rings is 1. The van der Waals surface area contributed by atoms with Gasteiger partial charge in [0.1, 0.15) is 12.4 Å². The smallest absolute Gasteiger partial charge is 0.416 e. The number of nitrogens with zero attached hydrogens (tertiary/aromatic N) is 1. The Bertz CT molecular complexity index is 1240. The van der Waals surface area contributed by atoms with Gasteiger partial charge in [0.25, 0.3) is 0 Å². The molecule has 1 saturated heterocycles. The van der Waals surface area contributed by atoms with Crippen LogP contribution in [0.2, 0.25) is 0 Å². The summed E-state index contributed by atoms with van der Waals surface area (Å²) >= 11 is 0. The molecule has 0 bridgehead atoms. The number of rotatable bonds is 6. The van der Waals surface area contributed by atoms with Crippen molar-refractivity contribution < 1.29 is 27.4 Å². The molecule has 0 atom stereocenters. The zero-order valence-electron chi connectivity index (χ0n) is 19.0. The standard InChI is InChI=1S/C28H24F3NO3/c29-28(30,31)21-8-6-20(7-9-21)26-25(19-4-2-1-3-5-19)23-11-10-22(18-24(23)27(26)33)35-17-14-32-12-15-34-16-13-32/h1-11,18H,12-17H2. The number of ketones is 1. The number of hydrogen-bond acceptors (Lipinski definition) is 4. The van der Waals surface area contributed by atoms with E-state index in [1.165, 1.54) is 12.1 Å². The SMILES string of the molecule is O=C1C(c2ccc(C(F)(F)F)cc2)=C(c2ccccc2)c2ccc(OCCN3CCOCC3)cc21. The Labute approximate surface area is 201 Å². The molecule has 0 spiro atoms. The summed E-state index contributed by atoms with van der Waals surface area (Å²) < 4.78 is 50.6. The van der Waals surface area contributed by atoms with E-state index in [9.17, 15) is 18.0 Å². The van der Waals surface area contributed by atoms with Crippen LogP contribution in [0.5, 0.6) is 5.75 Å². The lowest BCUT2D eigenvalue weighted by Crippen LogP contribution is -2.38. The molecular formula is C28H24F3NO3. The predicted molar refractivity (Wildman–Crippen MR) is 127 cm³/mol. The van der Waals surface area contributed by atoms with Crippen LogP contribution in [0.15, 0.2) is 72.8 Å². The third-order valence-corrected chi connectivity index (χ3v) is 6.33. The number of hydrogen-bond donors (Lipinski definition) is 0. The maximum absolute atomic E-state index is 13.6. The molecule has 4 nitrogen and oxygen atoms in total. The minimum Gasteiger partial charge on any atom is -0.492 e. The molecule has 5 rings (SSSR count). The van der Waals surface area contributed by atoms with Gasteiger partial charge in [0, 0.05) is 36.3 Å². The highest BCUT2D eigenvalue weighted by atomic mass is 19.4. The highest BCUT2D eigenvalue weighted by Crippen LogP contribution is 2.43. The van der Waals surface area contributed by atoms with Crippen LogP contribution < -0.4 is 4.74 Å². The Kier molecular flexibility index (Phi) is 6.45. The van der Waals surface area contributed by atoms with Gasteiger partial charge in [-0.2, -0.15) is 13.2 Å². The third-order valence-electron chi connectivity index (χ3n) is 6.33. The molecule has 0 saturated carbocycles. The zero-order valence-corrected chi connectivity index (χ0v) is 19.0. The first-order valence-corrected chi connectivity index (χ1v) is 11.5. The number of carbonyl (C=O) groups excluding carboxylic acids is 1. The van der Waals surface area contributed by atoms with E-state index in [0.717, 1.165) is 42.9 Å². The van der Waals surface area contributed by atoms with E-state index in [2.05, 4.69) is 4.90 Å². The largest absolute Gasteiger partial charge is 0.492 e. The molecule has 0 radical (unpaired) electrons. The second-order valence-corrected chi connectivity index (χ2v) is 8.53. The van der Waals surface area contributed by atoms with Gasteiger partial charge in [-0.25, -0.2) is 0 Å². The van der Waals surface area contributed by atoms with Crippen molar-refractivity contribution in [2.75, 3.05) is 39.5 Å². The van der Waals surface area contributed by atoms with E-state index < -0.39 is 11.7 Å². The minimum atomic E-state index is -4.44. The summed E-state index contributed by atoms with van der Waals surface area (Å²) in [5.41, 5.74) is 2.88. The second kappa shape index (κ2) is 9.68. The number of halogens is 3. The van der Waals surface area contributed by atoms with Gasteiger partial charge in [0.15, 0.2) is 5.78 Å². The fourth-order valence-electron chi connectivity index (χ4n) is 4.53. The van der Waals surface area contributed by atoms with Gasteiger partial charge in [-0.05, 0) is 47.0 Å². The van der Waals surface area contributed by atoms with Gasteiger partial charge in [0.2, 0.25) is 0 Å². The fourth-order valence-corrected chi connectivity index (χ4v) is 4.53. The molecule has 1 heterocycles. The lowest BCUT2D eigenvalue weighted by molar-refractivity contribution is -0.137. The highest BCUT2D eigenvalue weighted by molar-refractivity contribution is 6.41. The molecule has 0 aromatic heterocycles. The minimum absolute atomic E-state index is 0.225. The molecule has 0 amide bonds. The van der Waals surface area contributed by atoms with Gasteiger partial charge in [-0.15, -0.1) is 0 Å². The van der Waals surface area contributed by atoms with Crippen LogP contribution in [0, 0.1) is 0 Å². The second-order valence-electron chi connectivity index (χ2n) is 8.53. The normalized spacial score (nSPS) is 16.5. The molecule has 35 heavy (non-hydrogen) atoms. The van der Waals surface area contributed by atoms with Crippen LogP contribution in [-0.2, 0) is 10.9 Å². The molecule has 1 fully saturated rings.